The zero-order chi connectivity index (χ0) is 9.64. The van der Waals surface area contributed by atoms with E-state index >= 15 is 0 Å². The highest BCUT2D eigenvalue weighted by molar-refractivity contribution is 5.87. The van der Waals surface area contributed by atoms with Crippen molar-refractivity contribution in [2.24, 2.45) is 17.8 Å². The standard InChI is InChI=1S/C9H9F3O/c10-9(11,12)8(13)7-4-5-1-2-6(7)3-5/h1-2,5-7H,3-4H2. The first-order valence-electron chi connectivity index (χ1n) is 4.28. The lowest BCUT2D eigenvalue weighted by Crippen LogP contribution is -2.32. The van der Waals surface area contributed by atoms with Gasteiger partial charge in [0.05, 0.1) is 0 Å². The Labute approximate surface area is 73.6 Å². The highest BCUT2D eigenvalue weighted by Crippen LogP contribution is 2.45. The lowest BCUT2D eigenvalue weighted by molar-refractivity contribution is -0.176. The van der Waals surface area contributed by atoms with Gasteiger partial charge in [0.1, 0.15) is 0 Å². The van der Waals surface area contributed by atoms with Crippen LogP contribution in [0.5, 0.6) is 0 Å². The fraction of sp³-hybridized carbons (Fsp3) is 0.667. The Bertz CT molecular complexity index is 267. The van der Waals surface area contributed by atoms with E-state index in [0.717, 1.165) is 6.42 Å². The van der Waals surface area contributed by atoms with Gasteiger partial charge in [-0.1, -0.05) is 12.2 Å². The Hall–Kier alpha value is -0.800. The van der Waals surface area contributed by atoms with Gasteiger partial charge in [0.15, 0.2) is 0 Å². The molecule has 0 heterocycles. The number of allylic oxidation sites excluding steroid dienone is 2. The first kappa shape index (κ1) is 8.78. The van der Waals surface area contributed by atoms with E-state index in [-0.39, 0.29) is 11.8 Å². The van der Waals surface area contributed by atoms with Crippen molar-refractivity contribution in [1.82, 2.24) is 0 Å². The van der Waals surface area contributed by atoms with Gasteiger partial charge in [0.2, 0.25) is 5.78 Å². The van der Waals surface area contributed by atoms with Gasteiger partial charge in [-0.2, -0.15) is 13.2 Å². The van der Waals surface area contributed by atoms with Gasteiger partial charge >= 0.3 is 6.18 Å². The van der Waals surface area contributed by atoms with E-state index in [1.54, 1.807) is 6.08 Å². The molecule has 13 heavy (non-hydrogen) atoms. The number of carbonyl (C=O) groups excluding carboxylic acids is 1. The Morgan fingerprint density at radius 3 is 2.31 bits per heavy atom. The van der Waals surface area contributed by atoms with Gasteiger partial charge in [-0.25, -0.2) is 0 Å². The van der Waals surface area contributed by atoms with Crippen molar-refractivity contribution in [3.8, 4) is 0 Å². The number of hydrogen-bond donors (Lipinski definition) is 0. The molecule has 2 aliphatic carbocycles. The molecule has 0 aromatic carbocycles. The number of hydrogen-bond acceptors (Lipinski definition) is 1. The van der Waals surface area contributed by atoms with Gasteiger partial charge in [-0.3, -0.25) is 4.79 Å². The maximum Gasteiger partial charge on any atom is 0.450 e. The number of rotatable bonds is 1. The van der Waals surface area contributed by atoms with Crippen LogP contribution in [0.2, 0.25) is 0 Å². The molecule has 0 radical (unpaired) electrons. The van der Waals surface area contributed by atoms with Crippen LogP contribution in [-0.4, -0.2) is 12.0 Å². The molecule has 0 saturated heterocycles. The van der Waals surface area contributed by atoms with Crippen LogP contribution >= 0.6 is 0 Å². The molecule has 2 rings (SSSR count). The van der Waals surface area contributed by atoms with Crippen LogP contribution in [0.3, 0.4) is 0 Å². The Kier molecular flexibility index (Phi) is 1.75. The SMILES string of the molecule is O=C(C1CC2C=CC1C2)C(F)(F)F. The molecule has 1 nitrogen and oxygen atoms in total. The molecular weight excluding hydrogens is 181 g/mol. The van der Waals surface area contributed by atoms with Crippen LogP contribution in [0.25, 0.3) is 0 Å². The number of ketones is 1. The summed E-state index contributed by atoms with van der Waals surface area (Å²) in [7, 11) is 0. The molecule has 0 aromatic heterocycles. The van der Waals surface area contributed by atoms with Crippen molar-refractivity contribution in [1.29, 1.82) is 0 Å². The molecule has 0 N–H and O–H groups in total. The van der Waals surface area contributed by atoms with Crippen LogP contribution in [0, 0.1) is 17.8 Å². The van der Waals surface area contributed by atoms with Crippen molar-refractivity contribution in [2.45, 2.75) is 19.0 Å². The monoisotopic (exact) mass is 190 g/mol. The zero-order valence-electron chi connectivity index (χ0n) is 6.84. The second-order valence-electron chi connectivity index (χ2n) is 3.75. The number of alkyl halides is 3. The van der Waals surface area contributed by atoms with E-state index in [9.17, 15) is 18.0 Å². The summed E-state index contributed by atoms with van der Waals surface area (Å²) in [4.78, 5) is 10.9. The van der Waals surface area contributed by atoms with Gasteiger partial charge in [0, 0.05) is 5.92 Å². The molecule has 3 unspecified atom stereocenters. The quantitative estimate of drug-likeness (QED) is 0.580. The van der Waals surface area contributed by atoms with Crippen molar-refractivity contribution in [3.63, 3.8) is 0 Å². The van der Waals surface area contributed by atoms with Crippen molar-refractivity contribution < 1.29 is 18.0 Å². The van der Waals surface area contributed by atoms with E-state index in [4.69, 9.17) is 0 Å². The van der Waals surface area contributed by atoms with Gasteiger partial charge in [-0.15, -0.1) is 0 Å². The Morgan fingerprint density at radius 1 is 1.23 bits per heavy atom. The average Bonchev–Trinajstić information content (AvgIpc) is 2.60. The van der Waals surface area contributed by atoms with Gasteiger partial charge in [-0.05, 0) is 24.7 Å². The van der Waals surface area contributed by atoms with Gasteiger partial charge < -0.3 is 0 Å². The molecule has 2 bridgehead atoms. The van der Waals surface area contributed by atoms with Crippen molar-refractivity contribution in [2.75, 3.05) is 0 Å². The molecule has 3 atom stereocenters. The molecule has 0 spiro atoms. The van der Waals surface area contributed by atoms with Crippen molar-refractivity contribution in [3.05, 3.63) is 12.2 Å². The van der Waals surface area contributed by atoms with E-state index < -0.39 is 17.9 Å². The van der Waals surface area contributed by atoms with Crippen LogP contribution in [-0.2, 0) is 4.79 Å². The summed E-state index contributed by atoms with van der Waals surface area (Å²) in [6.45, 7) is 0. The molecular formula is C9H9F3O. The highest BCUT2D eigenvalue weighted by atomic mass is 19.4. The van der Waals surface area contributed by atoms with Crippen LogP contribution in [0.15, 0.2) is 12.2 Å². The lowest BCUT2D eigenvalue weighted by atomic mass is 9.89. The number of Topliss-reactive ketones (excluding diaryl/α,β-unsaturated/α-hetero) is 1. The maximum absolute atomic E-state index is 12.1. The van der Waals surface area contributed by atoms with Gasteiger partial charge in [0.25, 0.3) is 0 Å². The normalized spacial score (nSPS) is 37.0. The minimum Gasteiger partial charge on any atom is -0.289 e. The third-order valence-electron chi connectivity index (χ3n) is 2.90. The summed E-state index contributed by atoms with van der Waals surface area (Å²) < 4.78 is 36.2. The third-order valence-corrected chi connectivity index (χ3v) is 2.90. The topological polar surface area (TPSA) is 17.1 Å². The molecule has 0 aliphatic heterocycles. The molecule has 1 fully saturated rings. The number of carbonyl (C=O) groups is 1. The van der Waals surface area contributed by atoms with E-state index in [1.165, 1.54) is 0 Å². The summed E-state index contributed by atoms with van der Waals surface area (Å²) in [5.74, 6) is -2.28. The summed E-state index contributed by atoms with van der Waals surface area (Å²) in [6.07, 6.45) is 0.141. The first-order valence-corrected chi connectivity index (χ1v) is 4.28. The summed E-state index contributed by atoms with van der Waals surface area (Å²) in [5.41, 5.74) is 0. The molecule has 4 heteroatoms. The molecule has 2 aliphatic rings. The molecule has 72 valence electrons. The molecule has 1 saturated carbocycles. The average molecular weight is 190 g/mol. The number of halogens is 3. The smallest absolute Gasteiger partial charge is 0.289 e. The van der Waals surface area contributed by atoms with Crippen LogP contribution < -0.4 is 0 Å². The summed E-state index contributed by atoms with van der Waals surface area (Å²) >= 11 is 0. The predicted molar refractivity (Wildman–Crippen MR) is 39.9 cm³/mol. The highest BCUT2D eigenvalue weighted by Gasteiger charge is 2.50. The van der Waals surface area contributed by atoms with E-state index in [0.29, 0.717) is 6.42 Å². The molecule has 0 aromatic rings. The van der Waals surface area contributed by atoms with Crippen LogP contribution in [0.4, 0.5) is 13.2 Å². The lowest BCUT2D eigenvalue weighted by Gasteiger charge is -2.17. The maximum atomic E-state index is 12.1. The minimum atomic E-state index is -4.65. The Balaban J connectivity index is 2.12. The third kappa shape index (κ3) is 1.38. The largest absolute Gasteiger partial charge is 0.450 e. The number of fused-ring (bicyclic) bond motifs is 2. The fourth-order valence-electron chi connectivity index (χ4n) is 2.29. The minimum absolute atomic E-state index is 0.154. The first-order chi connectivity index (χ1) is 5.98. The second kappa shape index (κ2) is 2.59. The van der Waals surface area contributed by atoms with Crippen LogP contribution in [0.1, 0.15) is 12.8 Å². The summed E-state index contributed by atoms with van der Waals surface area (Å²) in [6, 6.07) is 0. The Morgan fingerprint density at radius 2 is 1.92 bits per heavy atom. The zero-order valence-corrected chi connectivity index (χ0v) is 6.84. The fourth-order valence-corrected chi connectivity index (χ4v) is 2.29. The predicted octanol–water partition coefficient (Wildman–Crippen LogP) is 2.33. The molecule has 0 amide bonds. The second-order valence-corrected chi connectivity index (χ2v) is 3.75. The summed E-state index contributed by atoms with van der Waals surface area (Å²) in [5, 5.41) is 0. The van der Waals surface area contributed by atoms with E-state index in [2.05, 4.69) is 0 Å². The van der Waals surface area contributed by atoms with Crippen molar-refractivity contribution >= 4 is 5.78 Å². The van der Waals surface area contributed by atoms with E-state index in [1.807, 2.05) is 6.08 Å².